The van der Waals surface area contributed by atoms with Crippen LogP contribution in [0.25, 0.3) is 0 Å². The smallest absolute Gasteiger partial charge is 0.408 e. The molecule has 1 aliphatic rings. The number of carboxylic acids is 1. The normalized spacial score (nSPS) is 17.2. The molecule has 1 aromatic rings. The van der Waals surface area contributed by atoms with E-state index in [4.69, 9.17) is 9.84 Å². The van der Waals surface area contributed by atoms with Gasteiger partial charge in [-0.15, -0.1) is 11.3 Å². The van der Waals surface area contributed by atoms with Crippen LogP contribution >= 0.6 is 11.3 Å². The molecule has 2 heterocycles. The summed E-state index contributed by atoms with van der Waals surface area (Å²) in [4.78, 5) is 25.5. The number of nitrogens with zero attached hydrogens (tertiary/aromatic N) is 1. The Morgan fingerprint density at radius 2 is 1.96 bits per heavy atom. The van der Waals surface area contributed by atoms with Crippen LogP contribution in [-0.2, 0) is 9.53 Å². The fraction of sp³-hybridized carbons (Fsp3) is 0.667. The lowest BCUT2D eigenvalue weighted by molar-refractivity contribution is -0.139. The number of carbonyl (C=O) groups excluding carboxylic acids is 1. The maximum Gasteiger partial charge on any atom is 0.408 e. The number of hydrogen-bond donors (Lipinski definition) is 2. The summed E-state index contributed by atoms with van der Waals surface area (Å²) in [5.41, 5.74) is -0.650. The molecule has 25 heavy (non-hydrogen) atoms. The lowest BCUT2D eigenvalue weighted by Crippen LogP contribution is -2.37. The van der Waals surface area contributed by atoms with Gasteiger partial charge in [-0.05, 0) is 71.1 Å². The lowest BCUT2D eigenvalue weighted by atomic mass is 10.00. The first-order valence-corrected chi connectivity index (χ1v) is 9.40. The van der Waals surface area contributed by atoms with E-state index in [2.05, 4.69) is 24.2 Å². The van der Waals surface area contributed by atoms with Crippen molar-refractivity contribution in [2.45, 2.75) is 52.2 Å². The molecule has 142 valence electrons. The Hall–Kier alpha value is -1.60. The van der Waals surface area contributed by atoms with Gasteiger partial charge in [0.25, 0.3) is 0 Å². The van der Waals surface area contributed by atoms with Crippen LogP contribution in [0.5, 0.6) is 0 Å². The Morgan fingerprint density at radius 1 is 1.36 bits per heavy atom. The molecular formula is C18H30N2O4S. The number of carbonyl (C=O) groups is 2. The van der Waals surface area contributed by atoms with Crippen LogP contribution in [0.4, 0.5) is 4.79 Å². The third-order valence-corrected chi connectivity index (χ3v) is 4.68. The summed E-state index contributed by atoms with van der Waals surface area (Å²) >= 11 is 1.27. The van der Waals surface area contributed by atoms with Gasteiger partial charge in [0.2, 0.25) is 0 Å². The number of amides is 1. The van der Waals surface area contributed by atoms with Gasteiger partial charge in [0.15, 0.2) is 6.04 Å². The van der Waals surface area contributed by atoms with Gasteiger partial charge in [0.05, 0.1) is 0 Å². The van der Waals surface area contributed by atoms with Crippen molar-refractivity contribution in [3.05, 3.63) is 22.4 Å². The fourth-order valence-electron chi connectivity index (χ4n) is 2.27. The third-order valence-electron chi connectivity index (χ3n) is 3.74. The van der Waals surface area contributed by atoms with Gasteiger partial charge >= 0.3 is 12.1 Å². The topological polar surface area (TPSA) is 78.9 Å². The van der Waals surface area contributed by atoms with E-state index in [-0.39, 0.29) is 0 Å². The summed E-state index contributed by atoms with van der Waals surface area (Å²) in [6.07, 6.45) is 2.06. The molecule has 2 N–H and O–H groups in total. The molecule has 1 unspecified atom stereocenters. The van der Waals surface area contributed by atoms with E-state index in [0.29, 0.717) is 4.88 Å². The van der Waals surface area contributed by atoms with Gasteiger partial charge in [0.1, 0.15) is 5.60 Å². The highest BCUT2D eigenvalue weighted by Crippen LogP contribution is 2.20. The Bertz CT molecular complexity index is 522. The average molecular weight is 371 g/mol. The summed E-state index contributed by atoms with van der Waals surface area (Å²) in [6, 6.07) is 2.32. The standard InChI is InChI=1S/C11H15NO4S.C7H15N/c1-11(2,3)16-10(15)12-8(9(13)14)7-5-4-6-17-7;1-7-3-5-8(2)6-4-7/h4-6,8H,1-3H3,(H,12,15)(H,13,14);7H,3-6H2,1-2H3. The highest BCUT2D eigenvalue weighted by molar-refractivity contribution is 7.10. The van der Waals surface area contributed by atoms with Gasteiger partial charge in [0, 0.05) is 4.88 Å². The van der Waals surface area contributed by atoms with Crippen LogP contribution in [-0.4, -0.2) is 47.8 Å². The second-order valence-corrected chi connectivity index (χ2v) is 8.40. The molecule has 1 fully saturated rings. The maximum atomic E-state index is 11.5. The molecule has 1 aliphatic heterocycles. The molecule has 1 amide bonds. The van der Waals surface area contributed by atoms with Crippen molar-refractivity contribution in [2.75, 3.05) is 20.1 Å². The predicted octanol–water partition coefficient (Wildman–Crippen LogP) is 3.75. The number of carboxylic acid groups (broad SMARTS) is 1. The van der Waals surface area contributed by atoms with Crippen molar-refractivity contribution >= 4 is 23.4 Å². The number of nitrogens with one attached hydrogen (secondary N) is 1. The summed E-state index contributed by atoms with van der Waals surface area (Å²) in [5, 5.41) is 13.1. The molecule has 6 nitrogen and oxygen atoms in total. The maximum absolute atomic E-state index is 11.5. The molecule has 7 heteroatoms. The number of alkyl carbamates (subject to hydrolysis) is 1. The van der Waals surface area contributed by atoms with E-state index in [0.717, 1.165) is 5.92 Å². The Kier molecular flexibility index (Phi) is 8.38. The monoisotopic (exact) mass is 370 g/mol. The number of hydrogen-bond acceptors (Lipinski definition) is 5. The molecule has 0 aromatic carbocycles. The van der Waals surface area contributed by atoms with E-state index in [9.17, 15) is 9.59 Å². The van der Waals surface area contributed by atoms with Crippen molar-refractivity contribution in [3.63, 3.8) is 0 Å². The minimum atomic E-state index is -1.11. The first kappa shape index (κ1) is 21.4. The van der Waals surface area contributed by atoms with Crippen LogP contribution in [0.15, 0.2) is 17.5 Å². The third kappa shape index (κ3) is 8.88. The summed E-state index contributed by atoms with van der Waals surface area (Å²) in [6.45, 7) is 10.1. The Labute approximate surface area is 154 Å². The highest BCUT2D eigenvalue weighted by atomic mass is 32.1. The minimum absolute atomic E-state index is 0.559. The molecule has 0 saturated carbocycles. The van der Waals surface area contributed by atoms with Crippen LogP contribution in [0.1, 0.15) is 51.5 Å². The van der Waals surface area contributed by atoms with E-state index < -0.39 is 23.7 Å². The molecule has 1 saturated heterocycles. The first-order valence-electron chi connectivity index (χ1n) is 8.52. The molecule has 0 aliphatic carbocycles. The number of ether oxygens (including phenoxy) is 1. The lowest BCUT2D eigenvalue weighted by Gasteiger charge is -2.26. The minimum Gasteiger partial charge on any atom is -0.479 e. The number of likely N-dealkylation sites (tertiary alicyclic amines) is 1. The second kappa shape index (κ2) is 9.77. The van der Waals surface area contributed by atoms with Gasteiger partial charge < -0.3 is 20.1 Å². The zero-order valence-corrected chi connectivity index (χ0v) is 16.6. The average Bonchev–Trinajstić information content (AvgIpc) is 3.00. The largest absolute Gasteiger partial charge is 0.479 e. The molecule has 1 aromatic heterocycles. The van der Waals surface area contributed by atoms with Gasteiger partial charge in [-0.2, -0.15) is 0 Å². The number of thiophene rings is 1. The zero-order chi connectivity index (χ0) is 19.0. The van der Waals surface area contributed by atoms with E-state index in [1.54, 1.807) is 38.3 Å². The summed E-state index contributed by atoms with van der Waals surface area (Å²) < 4.78 is 5.01. The van der Waals surface area contributed by atoms with Crippen molar-refractivity contribution in [2.24, 2.45) is 5.92 Å². The molecular weight excluding hydrogens is 340 g/mol. The molecule has 0 spiro atoms. The quantitative estimate of drug-likeness (QED) is 0.847. The van der Waals surface area contributed by atoms with Crippen molar-refractivity contribution in [3.8, 4) is 0 Å². The van der Waals surface area contributed by atoms with E-state index in [1.807, 2.05) is 0 Å². The van der Waals surface area contributed by atoms with Crippen LogP contribution in [0, 0.1) is 5.92 Å². The highest BCUT2D eigenvalue weighted by Gasteiger charge is 2.25. The van der Waals surface area contributed by atoms with Gasteiger partial charge in [-0.1, -0.05) is 13.0 Å². The number of aliphatic carboxylic acids is 1. The van der Waals surface area contributed by atoms with Crippen LogP contribution in [0.2, 0.25) is 0 Å². The molecule has 1 atom stereocenters. The predicted molar refractivity (Wildman–Crippen MR) is 100.0 cm³/mol. The molecule has 0 radical (unpaired) electrons. The Morgan fingerprint density at radius 3 is 2.36 bits per heavy atom. The van der Waals surface area contributed by atoms with Gasteiger partial charge in [-0.25, -0.2) is 9.59 Å². The molecule has 2 rings (SSSR count). The summed E-state index contributed by atoms with van der Waals surface area (Å²) in [7, 11) is 2.20. The van der Waals surface area contributed by atoms with Crippen molar-refractivity contribution in [1.29, 1.82) is 0 Å². The Balaban J connectivity index is 0.000000324. The second-order valence-electron chi connectivity index (χ2n) is 7.42. The number of rotatable bonds is 3. The zero-order valence-electron chi connectivity index (χ0n) is 15.7. The fourth-order valence-corrected chi connectivity index (χ4v) is 3.04. The number of piperidine rings is 1. The van der Waals surface area contributed by atoms with E-state index in [1.165, 1.54) is 37.3 Å². The van der Waals surface area contributed by atoms with Crippen LogP contribution in [0.3, 0.4) is 0 Å². The van der Waals surface area contributed by atoms with E-state index >= 15 is 0 Å². The van der Waals surface area contributed by atoms with Gasteiger partial charge in [-0.3, -0.25) is 0 Å². The summed E-state index contributed by atoms with van der Waals surface area (Å²) in [5.74, 6) is -0.135. The SMILES string of the molecule is CC(C)(C)OC(=O)NC(C(=O)O)c1cccs1.CC1CCN(C)CC1. The first-order chi connectivity index (χ1) is 11.6. The molecule has 0 bridgehead atoms. The van der Waals surface area contributed by atoms with Crippen molar-refractivity contribution < 1.29 is 19.4 Å². The van der Waals surface area contributed by atoms with Crippen molar-refractivity contribution in [1.82, 2.24) is 10.2 Å². The van der Waals surface area contributed by atoms with Crippen LogP contribution < -0.4 is 5.32 Å².